The molecule has 0 atom stereocenters. The topological polar surface area (TPSA) is 60.2 Å². The number of nitrogens with zero attached hydrogens (tertiary/aromatic N) is 1. The van der Waals surface area contributed by atoms with Crippen molar-refractivity contribution < 1.29 is 18.5 Å². The molecule has 0 aliphatic rings. The Morgan fingerprint density at radius 2 is 1.86 bits per heavy atom. The molecule has 0 spiro atoms. The molecule has 0 saturated heterocycles. The van der Waals surface area contributed by atoms with Crippen LogP contribution in [0, 0.1) is 21.7 Å². The fourth-order valence-corrected chi connectivity index (χ4v) is 2.13. The van der Waals surface area contributed by atoms with Crippen LogP contribution in [-0.2, 0) is 6.42 Å². The first-order valence-corrected chi connectivity index (χ1v) is 6.18. The number of carbonyl (C=O) groups is 1. The van der Waals surface area contributed by atoms with Crippen molar-refractivity contribution >= 4 is 22.5 Å². The van der Waals surface area contributed by atoms with Crippen molar-refractivity contribution in [2.24, 2.45) is 0 Å². The van der Waals surface area contributed by atoms with Crippen LogP contribution in [0.2, 0.25) is 0 Å². The molecule has 0 aliphatic carbocycles. The minimum Gasteiger partial charge on any atom is -0.276 e. The molecule has 0 radical (unpaired) electrons. The minimum absolute atomic E-state index is 0.101. The van der Waals surface area contributed by atoms with Gasteiger partial charge in [0.15, 0.2) is 0 Å². The predicted octanol–water partition coefficient (Wildman–Crippen LogP) is 3.84. The highest BCUT2D eigenvalue weighted by Crippen LogP contribution is 2.26. The average Bonchev–Trinajstić information content (AvgIpc) is 2.43. The smallest absolute Gasteiger partial charge is 0.276 e. The van der Waals surface area contributed by atoms with E-state index in [1.165, 1.54) is 12.1 Å². The molecule has 0 fully saturated rings. The standard InChI is InChI=1S/C14H8ClF2NO3/c15-14(19)9-4-2-1-3-8(9)7-10-11(16)5-6-12(13(10)17)18(20)21/h1-6H,7H2. The van der Waals surface area contributed by atoms with E-state index in [0.717, 1.165) is 12.1 Å². The molecule has 0 unspecified atom stereocenters. The maximum atomic E-state index is 14.0. The number of benzene rings is 2. The molecule has 21 heavy (non-hydrogen) atoms. The third-order valence-electron chi connectivity index (χ3n) is 2.96. The molecule has 0 saturated carbocycles. The number of rotatable bonds is 4. The fraction of sp³-hybridized carbons (Fsp3) is 0.0714. The van der Waals surface area contributed by atoms with Crippen molar-refractivity contribution in [3.63, 3.8) is 0 Å². The summed E-state index contributed by atoms with van der Waals surface area (Å²) in [7, 11) is 0. The first-order valence-electron chi connectivity index (χ1n) is 5.80. The highest BCUT2D eigenvalue weighted by molar-refractivity contribution is 6.67. The molecule has 2 aromatic carbocycles. The van der Waals surface area contributed by atoms with E-state index in [1.807, 2.05) is 0 Å². The van der Waals surface area contributed by atoms with Gasteiger partial charge in [0, 0.05) is 23.6 Å². The normalized spacial score (nSPS) is 10.4. The van der Waals surface area contributed by atoms with Crippen molar-refractivity contribution in [3.8, 4) is 0 Å². The zero-order valence-electron chi connectivity index (χ0n) is 10.5. The molecule has 0 bridgehead atoms. The molecule has 0 N–H and O–H groups in total. The van der Waals surface area contributed by atoms with Gasteiger partial charge < -0.3 is 0 Å². The number of halogens is 3. The van der Waals surface area contributed by atoms with Gasteiger partial charge in [-0.05, 0) is 29.3 Å². The molecule has 0 amide bonds. The van der Waals surface area contributed by atoms with Gasteiger partial charge in [-0.1, -0.05) is 18.2 Å². The third-order valence-corrected chi connectivity index (χ3v) is 3.16. The van der Waals surface area contributed by atoms with Gasteiger partial charge in [-0.15, -0.1) is 0 Å². The maximum absolute atomic E-state index is 14.0. The summed E-state index contributed by atoms with van der Waals surface area (Å²) in [4.78, 5) is 21.0. The highest BCUT2D eigenvalue weighted by atomic mass is 35.5. The number of carbonyl (C=O) groups excluding carboxylic acids is 1. The molecular formula is C14H8ClF2NO3. The molecule has 4 nitrogen and oxygen atoms in total. The molecule has 0 aliphatic heterocycles. The second-order valence-electron chi connectivity index (χ2n) is 4.22. The van der Waals surface area contributed by atoms with Crippen LogP contribution in [0.1, 0.15) is 21.5 Å². The molecular weight excluding hydrogens is 304 g/mol. The number of hydrogen-bond acceptors (Lipinski definition) is 3. The quantitative estimate of drug-likeness (QED) is 0.489. The van der Waals surface area contributed by atoms with Gasteiger partial charge in [-0.3, -0.25) is 14.9 Å². The van der Waals surface area contributed by atoms with Crippen molar-refractivity contribution in [3.05, 3.63) is 74.8 Å². The van der Waals surface area contributed by atoms with Crippen LogP contribution in [0.5, 0.6) is 0 Å². The van der Waals surface area contributed by atoms with Crippen molar-refractivity contribution in [1.29, 1.82) is 0 Å². The largest absolute Gasteiger partial charge is 0.305 e. The van der Waals surface area contributed by atoms with E-state index >= 15 is 0 Å². The molecule has 2 rings (SSSR count). The van der Waals surface area contributed by atoms with Crippen molar-refractivity contribution in [2.45, 2.75) is 6.42 Å². The van der Waals surface area contributed by atoms with E-state index < -0.39 is 33.1 Å². The van der Waals surface area contributed by atoms with Crippen molar-refractivity contribution in [1.82, 2.24) is 0 Å². The van der Waals surface area contributed by atoms with Crippen LogP contribution in [0.25, 0.3) is 0 Å². The van der Waals surface area contributed by atoms with E-state index in [9.17, 15) is 23.7 Å². The average molecular weight is 312 g/mol. The van der Waals surface area contributed by atoms with Gasteiger partial charge in [0.25, 0.3) is 5.24 Å². The lowest BCUT2D eigenvalue weighted by Gasteiger charge is -2.08. The molecule has 2 aromatic rings. The Balaban J connectivity index is 2.52. The summed E-state index contributed by atoms with van der Waals surface area (Å²) in [6.45, 7) is 0. The van der Waals surface area contributed by atoms with Gasteiger partial charge in [-0.25, -0.2) is 4.39 Å². The second kappa shape index (κ2) is 5.97. The van der Waals surface area contributed by atoms with E-state index in [1.54, 1.807) is 12.1 Å². The molecule has 0 heterocycles. The second-order valence-corrected chi connectivity index (χ2v) is 4.57. The molecule has 7 heteroatoms. The van der Waals surface area contributed by atoms with Crippen LogP contribution < -0.4 is 0 Å². The van der Waals surface area contributed by atoms with Crippen LogP contribution in [-0.4, -0.2) is 10.2 Å². The Morgan fingerprint density at radius 1 is 1.19 bits per heavy atom. The first-order chi connectivity index (χ1) is 9.91. The zero-order chi connectivity index (χ0) is 15.6. The predicted molar refractivity (Wildman–Crippen MR) is 72.4 cm³/mol. The Labute approximate surface area is 123 Å². The van der Waals surface area contributed by atoms with Gasteiger partial charge in [0.05, 0.1) is 4.92 Å². The lowest BCUT2D eigenvalue weighted by atomic mass is 9.99. The summed E-state index contributed by atoms with van der Waals surface area (Å²) in [5, 5.41) is 9.91. The van der Waals surface area contributed by atoms with E-state index in [0.29, 0.717) is 0 Å². The van der Waals surface area contributed by atoms with Crippen LogP contribution in [0.4, 0.5) is 14.5 Å². The van der Waals surface area contributed by atoms with Crippen LogP contribution in [0.3, 0.4) is 0 Å². The Kier molecular flexibility index (Phi) is 4.28. The summed E-state index contributed by atoms with van der Waals surface area (Å²) in [6.07, 6.45) is -0.312. The Hall–Kier alpha value is -2.34. The lowest BCUT2D eigenvalue weighted by molar-refractivity contribution is -0.387. The molecule has 0 aromatic heterocycles. The van der Waals surface area contributed by atoms with Crippen LogP contribution >= 0.6 is 11.6 Å². The monoisotopic (exact) mass is 311 g/mol. The Morgan fingerprint density at radius 3 is 2.48 bits per heavy atom. The summed E-state index contributed by atoms with van der Waals surface area (Å²) < 4.78 is 27.7. The summed E-state index contributed by atoms with van der Waals surface area (Å²) in [5.74, 6) is -2.17. The lowest BCUT2D eigenvalue weighted by Crippen LogP contribution is -2.04. The summed E-state index contributed by atoms with van der Waals surface area (Å²) in [5.41, 5.74) is -0.907. The van der Waals surface area contributed by atoms with E-state index in [4.69, 9.17) is 11.6 Å². The zero-order valence-corrected chi connectivity index (χ0v) is 11.2. The molecule has 108 valence electrons. The van der Waals surface area contributed by atoms with Gasteiger partial charge in [0.2, 0.25) is 5.82 Å². The summed E-state index contributed by atoms with van der Waals surface area (Å²) in [6, 6.07) is 7.60. The van der Waals surface area contributed by atoms with Gasteiger partial charge in [-0.2, -0.15) is 4.39 Å². The Bertz CT molecular complexity index is 734. The number of hydrogen-bond donors (Lipinski definition) is 0. The number of nitro benzene ring substituents is 1. The van der Waals surface area contributed by atoms with Gasteiger partial charge in [0.1, 0.15) is 5.82 Å². The minimum atomic E-state index is -1.25. The van der Waals surface area contributed by atoms with Gasteiger partial charge >= 0.3 is 5.69 Å². The highest BCUT2D eigenvalue weighted by Gasteiger charge is 2.22. The number of nitro groups is 1. The van der Waals surface area contributed by atoms with Crippen molar-refractivity contribution in [2.75, 3.05) is 0 Å². The van der Waals surface area contributed by atoms with E-state index in [2.05, 4.69) is 0 Å². The van der Waals surface area contributed by atoms with E-state index in [-0.39, 0.29) is 17.5 Å². The fourth-order valence-electron chi connectivity index (χ4n) is 1.94. The SMILES string of the molecule is O=C(Cl)c1ccccc1Cc1c(F)ccc([N+](=O)[O-])c1F. The summed E-state index contributed by atoms with van der Waals surface area (Å²) >= 11 is 5.40. The maximum Gasteiger partial charge on any atom is 0.305 e. The third kappa shape index (κ3) is 3.05. The van der Waals surface area contributed by atoms with Crippen LogP contribution in [0.15, 0.2) is 36.4 Å². The first kappa shape index (κ1) is 15.1.